The van der Waals surface area contributed by atoms with Gasteiger partial charge in [-0.05, 0) is 24.1 Å². The molecular weight excluding hydrogens is 363 g/mol. The number of hydrogen-bond acceptors (Lipinski definition) is 3. The van der Waals surface area contributed by atoms with Crippen LogP contribution in [0.5, 0.6) is 0 Å². The summed E-state index contributed by atoms with van der Waals surface area (Å²) >= 11 is 12.0. The number of amides is 2. The highest BCUT2D eigenvalue weighted by Gasteiger charge is 2.26. The summed E-state index contributed by atoms with van der Waals surface area (Å²) in [6, 6.07) is 7.11. The Morgan fingerprint density at radius 2 is 2.16 bits per heavy atom. The molecule has 6 nitrogen and oxygen atoms in total. The lowest BCUT2D eigenvalue weighted by Crippen LogP contribution is -2.44. The Balaban J connectivity index is 1.68. The summed E-state index contributed by atoms with van der Waals surface area (Å²) in [7, 11) is 1.81. The third kappa shape index (κ3) is 4.08. The van der Waals surface area contributed by atoms with E-state index in [0.29, 0.717) is 35.6 Å². The van der Waals surface area contributed by atoms with Crippen LogP contribution < -0.4 is 5.32 Å². The van der Waals surface area contributed by atoms with Gasteiger partial charge in [-0.3, -0.25) is 10.00 Å². The maximum Gasteiger partial charge on any atom is 0.323 e. The summed E-state index contributed by atoms with van der Waals surface area (Å²) in [5.74, 6) is 0.680. The molecule has 25 heavy (non-hydrogen) atoms. The van der Waals surface area contributed by atoms with E-state index < -0.39 is 0 Å². The van der Waals surface area contributed by atoms with Gasteiger partial charge in [0.15, 0.2) is 0 Å². The summed E-state index contributed by atoms with van der Waals surface area (Å²) in [6.07, 6.45) is 0.590. The topological polar surface area (TPSA) is 59.4 Å². The summed E-state index contributed by atoms with van der Waals surface area (Å²) in [5.41, 5.74) is 1.84. The Morgan fingerprint density at radius 3 is 2.84 bits per heavy atom. The molecule has 2 amide bonds. The Hall–Kier alpha value is -1.76. The first kappa shape index (κ1) is 18.0. The molecule has 0 saturated carbocycles. The average molecular weight is 383 g/mol. The minimum absolute atomic E-state index is 0.168. The van der Waals surface area contributed by atoms with E-state index in [0.717, 1.165) is 17.7 Å². The molecule has 2 heterocycles. The fourth-order valence-electron chi connectivity index (χ4n) is 2.75. The molecule has 0 aliphatic carbocycles. The maximum atomic E-state index is 12.6. The SMILES string of the molecule is CCc1cc(NC(=O)N2CCOC(c3ccc(Cl)c(Cl)c3)C2)n(C)n1. The van der Waals surface area contributed by atoms with Crippen LogP contribution in [-0.4, -0.2) is 40.4 Å². The number of aromatic nitrogens is 2. The van der Waals surface area contributed by atoms with Gasteiger partial charge in [0.2, 0.25) is 0 Å². The van der Waals surface area contributed by atoms with E-state index in [1.165, 1.54) is 0 Å². The Labute approximate surface area is 156 Å². The van der Waals surface area contributed by atoms with Gasteiger partial charge >= 0.3 is 6.03 Å². The van der Waals surface area contributed by atoms with Crippen molar-refractivity contribution in [2.75, 3.05) is 25.0 Å². The number of rotatable bonds is 3. The van der Waals surface area contributed by atoms with Crippen molar-refractivity contribution in [3.63, 3.8) is 0 Å². The monoisotopic (exact) mass is 382 g/mol. The number of carbonyl (C=O) groups excluding carboxylic acids is 1. The molecule has 1 N–H and O–H groups in total. The van der Waals surface area contributed by atoms with Gasteiger partial charge in [-0.2, -0.15) is 5.10 Å². The first-order valence-corrected chi connectivity index (χ1v) is 8.89. The molecule has 134 valence electrons. The van der Waals surface area contributed by atoms with Gasteiger partial charge in [0.05, 0.1) is 28.9 Å². The Bertz CT molecular complexity index is 778. The van der Waals surface area contributed by atoms with Gasteiger partial charge in [-0.25, -0.2) is 4.79 Å². The van der Waals surface area contributed by atoms with E-state index in [9.17, 15) is 4.79 Å². The molecular formula is C17H20Cl2N4O2. The van der Waals surface area contributed by atoms with Gasteiger partial charge in [-0.15, -0.1) is 0 Å². The van der Waals surface area contributed by atoms with Crippen LogP contribution in [0.4, 0.5) is 10.6 Å². The van der Waals surface area contributed by atoms with Crippen molar-refractivity contribution in [3.8, 4) is 0 Å². The van der Waals surface area contributed by atoms with Crippen molar-refractivity contribution in [2.45, 2.75) is 19.4 Å². The van der Waals surface area contributed by atoms with Crippen molar-refractivity contribution in [1.82, 2.24) is 14.7 Å². The normalized spacial score (nSPS) is 17.6. The molecule has 1 aromatic carbocycles. The van der Waals surface area contributed by atoms with E-state index in [1.54, 1.807) is 21.7 Å². The fourth-order valence-corrected chi connectivity index (χ4v) is 3.06. The number of morpholine rings is 1. The van der Waals surface area contributed by atoms with Crippen molar-refractivity contribution in [2.24, 2.45) is 7.05 Å². The molecule has 1 aromatic heterocycles. The smallest absolute Gasteiger partial charge is 0.323 e. The predicted octanol–water partition coefficient (Wildman–Crippen LogP) is 3.89. The molecule has 1 unspecified atom stereocenters. The molecule has 1 atom stereocenters. The molecule has 1 fully saturated rings. The van der Waals surface area contributed by atoms with Gasteiger partial charge in [0.25, 0.3) is 0 Å². The van der Waals surface area contributed by atoms with Crippen LogP contribution in [0.3, 0.4) is 0 Å². The second-order valence-corrected chi connectivity index (χ2v) is 6.72. The zero-order valence-electron chi connectivity index (χ0n) is 14.1. The number of nitrogens with zero attached hydrogens (tertiary/aromatic N) is 3. The number of anilines is 1. The second kappa shape index (κ2) is 7.64. The fraction of sp³-hybridized carbons (Fsp3) is 0.412. The quantitative estimate of drug-likeness (QED) is 0.875. The van der Waals surface area contributed by atoms with Crippen LogP contribution in [0, 0.1) is 0 Å². The number of ether oxygens (including phenoxy) is 1. The highest BCUT2D eigenvalue weighted by atomic mass is 35.5. The summed E-state index contributed by atoms with van der Waals surface area (Å²) in [5, 5.41) is 8.23. The third-order valence-corrected chi connectivity index (χ3v) is 4.94. The first-order chi connectivity index (χ1) is 12.0. The summed E-state index contributed by atoms with van der Waals surface area (Å²) in [4.78, 5) is 14.3. The maximum absolute atomic E-state index is 12.6. The number of aryl methyl sites for hydroxylation is 2. The van der Waals surface area contributed by atoms with Crippen molar-refractivity contribution in [3.05, 3.63) is 45.6 Å². The molecule has 1 aliphatic heterocycles. The largest absolute Gasteiger partial charge is 0.370 e. The van der Waals surface area contributed by atoms with Gasteiger partial charge in [0.1, 0.15) is 11.9 Å². The van der Waals surface area contributed by atoms with Crippen LogP contribution in [0.25, 0.3) is 0 Å². The van der Waals surface area contributed by atoms with Crippen LogP contribution in [0.15, 0.2) is 24.3 Å². The van der Waals surface area contributed by atoms with Crippen molar-refractivity contribution < 1.29 is 9.53 Å². The number of urea groups is 1. The van der Waals surface area contributed by atoms with Gasteiger partial charge in [0, 0.05) is 19.7 Å². The molecule has 0 spiro atoms. The van der Waals surface area contributed by atoms with Crippen LogP contribution >= 0.6 is 23.2 Å². The third-order valence-electron chi connectivity index (χ3n) is 4.20. The molecule has 3 rings (SSSR count). The Morgan fingerprint density at radius 1 is 1.36 bits per heavy atom. The second-order valence-electron chi connectivity index (χ2n) is 5.91. The molecule has 2 aromatic rings. The minimum atomic E-state index is -0.230. The standard InChI is InChI=1S/C17H20Cl2N4O2/c1-3-12-9-16(22(2)21-12)20-17(24)23-6-7-25-15(10-23)11-4-5-13(18)14(19)8-11/h4-5,8-9,15H,3,6-7,10H2,1-2H3,(H,20,24). The zero-order valence-corrected chi connectivity index (χ0v) is 15.6. The average Bonchev–Trinajstić information content (AvgIpc) is 2.97. The van der Waals surface area contributed by atoms with E-state index >= 15 is 0 Å². The van der Waals surface area contributed by atoms with E-state index in [-0.39, 0.29) is 12.1 Å². The summed E-state index contributed by atoms with van der Waals surface area (Å²) < 4.78 is 7.47. The highest BCUT2D eigenvalue weighted by molar-refractivity contribution is 6.42. The summed E-state index contributed by atoms with van der Waals surface area (Å²) in [6.45, 7) is 3.46. The minimum Gasteiger partial charge on any atom is -0.370 e. The number of halogens is 2. The van der Waals surface area contributed by atoms with Gasteiger partial charge < -0.3 is 9.64 Å². The number of hydrogen-bond donors (Lipinski definition) is 1. The van der Waals surface area contributed by atoms with E-state index in [1.807, 2.05) is 26.1 Å². The Kier molecular flexibility index (Phi) is 5.51. The molecule has 0 radical (unpaired) electrons. The number of benzene rings is 1. The van der Waals surface area contributed by atoms with Crippen LogP contribution in [0.1, 0.15) is 24.3 Å². The molecule has 0 bridgehead atoms. The number of carbonyl (C=O) groups is 1. The van der Waals surface area contributed by atoms with Crippen LogP contribution in [-0.2, 0) is 18.2 Å². The highest BCUT2D eigenvalue weighted by Crippen LogP contribution is 2.29. The molecule has 8 heteroatoms. The van der Waals surface area contributed by atoms with Crippen LogP contribution in [0.2, 0.25) is 10.0 Å². The first-order valence-electron chi connectivity index (χ1n) is 8.13. The lowest BCUT2D eigenvalue weighted by Gasteiger charge is -2.33. The van der Waals surface area contributed by atoms with E-state index in [4.69, 9.17) is 27.9 Å². The molecule has 1 saturated heterocycles. The van der Waals surface area contributed by atoms with Crippen molar-refractivity contribution in [1.29, 1.82) is 0 Å². The number of nitrogens with one attached hydrogen (secondary N) is 1. The van der Waals surface area contributed by atoms with Gasteiger partial charge in [-0.1, -0.05) is 36.2 Å². The van der Waals surface area contributed by atoms with Crippen molar-refractivity contribution >= 4 is 35.1 Å². The zero-order chi connectivity index (χ0) is 18.0. The molecule has 1 aliphatic rings. The van der Waals surface area contributed by atoms with E-state index in [2.05, 4.69) is 10.4 Å². The predicted molar refractivity (Wildman–Crippen MR) is 98.3 cm³/mol. The lowest BCUT2D eigenvalue weighted by atomic mass is 10.1. The lowest BCUT2D eigenvalue weighted by molar-refractivity contribution is -0.0135.